The van der Waals surface area contributed by atoms with Gasteiger partial charge in [0.1, 0.15) is 0 Å². The maximum Gasteiger partial charge on any atom is 0.250 e. The number of hydrogen-bond donors (Lipinski definition) is 2. The molecule has 1 heterocycles. The summed E-state index contributed by atoms with van der Waals surface area (Å²) in [5.74, 6) is 0. The minimum absolute atomic E-state index is 0.126. The van der Waals surface area contributed by atoms with Crippen molar-refractivity contribution in [2.24, 2.45) is 0 Å². The van der Waals surface area contributed by atoms with Gasteiger partial charge in [-0.15, -0.1) is 0 Å². The van der Waals surface area contributed by atoms with E-state index in [1.807, 2.05) is 42.5 Å². The van der Waals surface area contributed by atoms with Crippen LogP contribution in [-0.4, -0.2) is 4.98 Å². The summed E-state index contributed by atoms with van der Waals surface area (Å²) in [6.07, 6.45) is 0. The maximum atomic E-state index is 11.7. The first-order valence-electron chi connectivity index (χ1n) is 6.43. The fourth-order valence-electron chi connectivity index (χ4n) is 2.22. The van der Waals surface area contributed by atoms with Crippen molar-refractivity contribution in [2.75, 3.05) is 5.32 Å². The van der Waals surface area contributed by atoms with Gasteiger partial charge >= 0.3 is 0 Å². The van der Waals surface area contributed by atoms with E-state index in [4.69, 9.17) is 11.6 Å². The van der Waals surface area contributed by atoms with Gasteiger partial charge in [-0.25, -0.2) is 0 Å². The lowest BCUT2D eigenvalue weighted by Crippen LogP contribution is -2.08. The molecule has 3 aromatic rings. The SMILES string of the molecule is O=c1cc(NCc2cccc(Cl)c2)c2cc(Br)ccc2[nH]1. The highest BCUT2D eigenvalue weighted by atomic mass is 79.9. The second-order valence-corrected chi connectivity index (χ2v) is 6.07. The molecule has 2 aromatic carbocycles. The molecule has 21 heavy (non-hydrogen) atoms. The fraction of sp³-hybridized carbons (Fsp3) is 0.0625. The Kier molecular flexibility index (Phi) is 3.99. The Balaban J connectivity index is 1.96. The molecule has 0 saturated carbocycles. The normalized spacial score (nSPS) is 10.8. The largest absolute Gasteiger partial charge is 0.380 e. The van der Waals surface area contributed by atoms with Crippen molar-refractivity contribution in [3.05, 3.63) is 73.9 Å². The van der Waals surface area contributed by atoms with Crippen molar-refractivity contribution in [3.8, 4) is 0 Å². The highest BCUT2D eigenvalue weighted by molar-refractivity contribution is 9.10. The van der Waals surface area contributed by atoms with E-state index in [0.29, 0.717) is 11.6 Å². The van der Waals surface area contributed by atoms with Gasteiger partial charge < -0.3 is 10.3 Å². The Morgan fingerprint density at radius 1 is 1.14 bits per heavy atom. The average molecular weight is 364 g/mol. The average Bonchev–Trinajstić information content (AvgIpc) is 2.45. The number of H-pyrrole nitrogens is 1. The summed E-state index contributed by atoms with van der Waals surface area (Å²) in [6, 6.07) is 15.0. The summed E-state index contributed by atoms with van der Waals surface area (Å²) in [4.78, 5) is 14.6. The van der Waals surface area contributed by atoms with Gasteiger partial charge in [0.05, 0.1) is 5.52 Å². The molecule has 0 atom stereocenters. The summed E-state index contributed by atoms with van der Waals surface area (Å²) >= 11 is 9.43. The molecule has 2 N–H and O–H groups in total. The molecule has 0 saturated heterocycles. The van der Waals surface area contributed by atoms with Gasteiger partial charge in [0, 0.05) is 33.2 Å². The lowest BCUT2D eigenvalue weighted by Gasteiger charge is -2.10. The Labute approximate surface area is 135 Å². The molecule has 0 unspecified atom stereocenters. The fourth-order valence-corrected chi connectivity index (χ4v) is 2.79. The zero-order chi connectivity index (χ0) is 14.8. The lowest BCUT2D eigenvalue weighted by atomic mass is 10.1. The van der Waals surface area contributed by atoms with Gasteiger partial charge in [-0.05, 0) is 35.9 Å². The number of aromatic nitrogens is 1. The molecule has 0 aliphatic rings. The second kappa shape index (κ2) is 5.92. The van der Waals surface area contributed by atoms with E-state index in [0.717, 1.165) is 26.6 Å². The van der Waals surface area contributed by atoms with Gasteiger partial charge in [-0.3, -0.25) is 4.79 Å². The standard InChI is InChI=1S/C16H12BrClN2O/c17-11-4-5-14-13(7-11)15(8-16(21)20-14)19-9-10-2-1-3-12(18)6-10/h1-8H,9H2,(H2,19,20,21). The van der Waals surface area contributed by atoms with Crippen LogP contribution in [0.15, 0.2) is 57.8 Å². The first-order valence-corrected chi connectivity index (χ1v) is 7.60. The maximum absolute atomic E-state index is 11.7. The molecule has 0 amide bonds. The van der Waals surface area contributed by atoms with E-state index in [9.17, 15) is 4.79 Å². The molecule has 0 spiro atoms. The van der Waals surface area contributed by atoms with Crippen molar-refractivity contribution in [1.29, 1.82) is 0 Å². The highest BCUT2D eigenvalue weighted by Gasteiger charge is 2.04. The van der Waals surface area contributed by atoms with Crippen LogP contribution in [0, 0.1) is 0 Å². The van der Waals surface area contributed by atoms with Crippen LogP contribution in [-0.2, 0) is 6.54 Å². The van der Waals surface area contributed by atoms with Gasteiger partial charge in [-0.2, -0.15) is 0 Å². The quantitative estimate of drug-likeness (QED) is 0.716. The number of anilines is 1. The predicted octanol–water partition coefficient (Wildman–Crippen LogP) is 4.56. The minimum Gasteiger partial charge on any atom is -0.380 e. The number of rotatable bonds is 3. The van der Waals surface area contributed by atoms with E-state index in [1.54, 1.807) is 6.07 Å². The number of benzene rings is 2. The highest BCUT2D eigenvalue weighted by Crippen LogP contribution is 2.24. The smallest absolute Gasteiger partial charge is 0.250 e. The molecular weight excluding hydrogens is 352 g/mol. The van der Waals surface area contributed by atoms with Crippen LogP contribution >= 0.6 is 27.5 Å². The molecule has 1 aromatic heterocycles. The summed E-state index contributed by atoms with van der Waals surface area (Å²) < 4.78 is 0.966. The Morgan fingerprint density at radius 3 is 2.81 bits per heavy atom. The molecular formula is C16H12BrClN2O. The third-order valence-electron chi connectivity index (χ3n) is 3.18. The van der Waals surface area contributed by atoms with Crippen molar-refractivity contribution in [3.63, 3.8) is 0 Å². The number of nitrogens with one attached hydrogen (secondary N) is 2. The number of fused-ring (bicyclic) bond motifs is 1. The number of aromatic amines is 1. The molecule has 5 heteroatoms. The molecule has 106 valence electrons. The third-order valence-corrected chi connectivity index (χ3v) is 3.91. The zero-order valence-electron chi connectivity index (χ0n) is 11.0. The molecule has 0 radical (unpaired) electrons. The van der Waals surface area contributed by atoms with E-state index in [1.165, 1.54) is 0 Å². The molecule has 0 aliphatic heterocycles. The Hall–Kier alpha value is -1.78. The van der Waals surface area contributed by atoms with E-state index < -0.39 is 0 Å². The summed E-state index contributed by atoms with van der Waals surface area (Å²) in [5, 5.41) is 4.97. The number of halogens is 2. The van der Waals surface area contributed by atoms with Crippen LogP contribution < -0.4 is 10.9 Å². The van der Waals surface area contributed by atoms with Crippen molar-refractivity contribution >= 4 is 44.1 Å². The predicted molar refractivity (Wildman–Crippen MR) is 91.0 cm³/mol. The Morgan fingerprint density at radius 2 is 2.00 bits per heavy atom. The van der Waals surface area contributed by atoms with Gasteiger partial charge in [0.2, 0.25) is 5.56 Å². The van der Waals surface area contributed by atoms with E-state index in [2.05, 4.69) is 26.2 Å². The Bertz CT molecular complexity index is 860. The summed E-state index contributed by atoms with van der Waals surface area (Å²) in [5.41, 5.74) is 2.54. The third kappa shape index (κ3) is 3.28. The van der Waals surface area contributed by atoms with Gasteiger partial charge in [0.15, 0.2) is 0 Å². The number of pyridine rings is 1. The molecule has 0 bridgehead atoms. The summed E-state index contributed by atoms with van der Waals surface area (Å²) in [7, 11) is 0. The van der Waals surface area contributed by atoms with Gasteiger partial charge in [-0.1, -0.05) is 39.7 Å². The van der Waals surface area contributed by atoms with Crippen LogP contribution in [0.25, 0.3) is 10.9 Å². The topological polar surface area (TPSA) is 44.9 Å². The molecule has 0 aliphatic carbocycles. The first-order chi connectivity index (χ1) is 10.1. The first kappa shape index (κ1) is 14.2. The van der Waals surface area contributed by atoms with Gasteiger partial charge in [0.25, 0.3) is 0 Å². The lowest BCUT2D eigenvalue weighted by molar-refractivity contribution is 1.15. The van der Waals surface area contributed by atoms with Crippen molar-refractivity contribution in [1.82, 2.24) is 4.98 Å². The minimum atomic E-state index is -0.126. The van der Waals surface area contributed by atoms with Crippen LogP contribution in [0.5, 0.6) is 0 Å². The summed E-state index contributed by atoms with van der Waals surface area (Å²) in [6.45, 7) is 0.603. The van der Waals surface area contributed by atoms with Crippen molar-refractivity contribution < 1.29 is 0 Å². The molecule has 0 fully saturated rings. The van der Waals surface area contributed by atoms with Crippen LogP contribution in [0.4, 0.5) is 5.69 Å². The zero-order valence-corrected chi connectivity index (χ0v) is 13.3. The van der Waals surface area contributed by atoms with Crippen LogP contribution in [0.1, 0.15) is 5.56 Å². The van der Waals surface area contributed by atoms with E-state index in [-0.39, 0.29) is 5.56 Å². The monoisotopic (exact) mass is 362 g/mol. The van der Waals surface area contributed by atoms with Crippen LogP contribution in [0.3, 0.4) is 0 Å². The molecule has 3 nitrogen and oxygen atoms in total. The van der Waals surface area contributed by atoms with Crippen molar-refractivity contribution in [2.45, 2.75) is 6.54 Å². The van der Waals surface area contributed by atoms with E-state index >= 15 is 0 Å². The van der Waals surface area contributed by atoms with Crippen LogP contribution in [0.2, 0.25) is 5.02 Å². The molecule has 3 rings (SSSR count). The number of hydrogen-bond acceptors (Lipinski definition) is 2. The second-order valence-electron chi connectivity index (χ2n) is 4.72.